The molecule has 2 aromatic carbocycles. The van der Waals surface area contributed by atoms with Gasteiger partial charge in [-0.3, -0.25) is 9.59 Å². The number of para-hydroxylation sites is 1. The molecule has 0 saturated heterocycles. The van der Waals surface area contributed by atoms with E-state index in [0.717, 1.165) is 17.5 Å². The van der Waals surface area contributed by atoms with Gasteiger partial charge in [0.1, 0.15) is 5.75 Å². The van der Waals surface area contributed by atoms with Gasteiger partial charge >= 0.3 is 5.97 Å². The fourth-order valence-electron chi connectivity index (χ4n) is 2.22. The SMILES string of the molecule is CCCC(=O)c1cccc(-c2ccccc2)c1OC(C)=O. The molecule has 0 unspecified atom stereocenters. The summed E-state index contributed by atoms with van der Waals surface area (Å²) in [5.74, 6) is -0.0786. The molecule has 0 spiro atoms. The van der Waals surface area contributed by atoms with E-state index in [1.165, 1.54) is 6.92 Å². The number of Topliss-reactive ketones (excluding diaryl/α,β-unsaturated/α-hetero) is 1. The molecule has 0 fully saturated rings. The van der Waals surface area contributed by atoms with Crippen molar-refractivity contribution in [3.8, 4) is 16.9 Å². The van der Waals surface area contributed by atoms with Gasteiger partial charge in [0, 0.05) is 18.9 Å². The molecule has 0 atom stereocenters. The van der Waals surface area contributed by atoms with Crippen LogP contribution in [0.3, 0.4) is 0 Å². The first kappa shape index (κ1) is 15.0. The van der Waals surface area contributed by atoms with Gasteiger partial charge in [-0.05, 0) is 18.1 Å². The van der Waals surface area contributed by atoms with Crippen LogP contribution in [0.15, 0.2) is 48.5 Å². The lowest BCUT2D eigenvalue weighted by molar-refractivity contribution is -0.131. The van der Waals surface area contributed by atoms with Gasteiger partial charge in [0.15, 0.2) is 5.78 Å². The summed E-state index contributed by atoms with van der Waals surface area (Å²) in [7, 11) is 0. The molecule has 3 nitrogen and oxygen atoms in total. The van der Waals surface area contributed by atoms with Crippen molar-refractivity contribution in [3.63, 3.8) is 0 Å². The van der Waals surface area contributed by atoms with Gasteiger partial charge in [0.05, 0.1) is 5.56 Å². The Morgan fingerprint density at radius 1 is 1.00 bits per heavy atom. The lowest BCUT2D eigenvalue weighted by atomic mass is 9.98. The molecule has 108 valence electrons. The molecule has 0 N–H and O–H groups in total. The first-order valence-corrected chi connectivity index (χ1v) is 7.03. The van der Waals surface area contributed by atoms with Crippen LogP contribution in [0.4, 0.5) is 0 Å². The number of esters is 1. The van der Waals surface area contributed by atoms with Gasteiger partial charge in [-0.2, -0.15) is 0 Å². The van der Waals surface area contributed by atoms with Gasteiger partial charge in [0.2, 0.25) is 0 Å². The normalized spacial score (nSPS) is 10.2. The molecule has 0 radical (unpaired) electrons. The van der Waals surface area contributed by atoms with Gasteiger partial charge in [-0.1, -0.05) is 49.4 Å². The number of rotatable bonds is 5. The Morgan fingerprint density at radius 3 is 2.33 bits per heavy atom. The fourth-order valence-corrected chi connectivity index (χ4v) is 2.22. The summed E-state index contributed by atoms with van der Waals surface area (Å²) in [6.45, 7) is 3.29. The molecule has 2 aromatic rings. The minimum absolute atomic E-state index is 0.00784. The number of hydrogen-bond acceptors (Lipinski definition) is 3. The topological polar surface area (TPSA) is 43.4 Å². The van der Waals surface area contributed by atoms with Crippen LogP contribution in [-0.2, 0) is 4.79 Å². The van der Waals surface area contributed by atoms with Crippen LogP contribution in [0, 0.1) is 0 Å². The number of benzene rings is 2. The third-order valence-electron chi connectivity index (χ3n) is 3.12. The second kappa shape index (κ2) is 6.84. The Balaban J connectivity index is 2.57. The zero-order valence-corrected chi connectivity index (χ0v) is 12.3. The number of hydrogen-bond donors (Lipinski definition) is 0. The van der Waals surface area contributed by atoms with Crippen molar-refractivity contribution in [1.29, 1.82) is 0 Å². The van der Waals surface area contributed by atoms with E-state index < -0.39 is 5.97 Å². The van der Waals surface area contributed by atoms with Gasteiger partial charge < -0.3 is 4.74 Å². The van der Waals surface area contributed by atoms with E-state index in [1.807, 2.05) is 49.4 Å². The first-order chi connectivity index (χ1) is 10.1. The lowest BCUT2D eigenvalue weighted by Crippen LogP contribution is -2.09. The summed E-state index contributed by atoms with van der Waals surface area (Å²) < 4.78 is 5.34. The summed E-state index contributed by atoms with van der Waals surface area (Å²) in [6.07, 6.45) is 1.19. The minimum Gasteiger partial charge on any atom is -0.425 e. The molecule has 0 aliphatic heterocycles. The van der Waals surface area contributed by atoms with E-state index in [1.54, 1.807) is 6.07 Å². The molecule has 2 rings (SSSR count). The summed E-state index contributed by atoms with van der Waals surface area (Å²) in [5, 5.41) is 0. The Morgan fingerprint density at radius 2 is 1.71 bits per heavy atom. The van der Waals surface area contributed by atoms with E-state index in [9.17, 15) is 9.59 Å². The minimum atomic E-state index is -0.427. The van der Waals surface area contributed by atoms with E-state index in [0.29, 0.717) is 17.7 Å². The predicted octanol–water partition coefficient (Wildman–Crippen LogP) is 4.26. The van der Waals surface area contributed by atoms with Crippen LogP contribution in [0.1, 0.15) is 37.0 Å². The van der Waals surface area contributed by atoms with Crippen LogP contribution >= 0.6 is 0 Å². The molecule has 3 heteroatoms. The van der Waals surface area contributed by atoms with E-state index in [2.05, 4.69) is 0 Å². The Bertz CT molecular complexity index is 645. The van der Waals surface area contributed by atoms with Crippen molar-refractivity contribution in [3.05, 3.63) is 54.1 Å². The highest BCUT2D eigenvalue weighted by Gasteiger charge is 2.18. The smallest absolute Gasteiger partial charge is 0.308 e. The molecule has 0 amide bonds. The maximum atomic E-state index is 12.2. The van der Waals surface area contributed by atoms with Crippen molar-refractivity contribution in [2.24, 2.45) is 0 Å². The highest BCUT2D eigenvalue weighted by molar-refractivity contribution is 6.01. The van der Waals surface area contributed by atoms with Crippen molar-refractivity contribution < 1.29 is 14.3 Å². The molecule has 0 aromatic heterocycles. The van der Waals surface area contributed by atoms with Crippen LogP contribution in [-0.4, -0.2) is 11.8 Å². The number of ketones is 1. The second-order valence-electron chi connectivity index (χ2n) is 4.82. The van der Waals surface area contributed by atoms with Crippen molar-refractivity contribution >= 4 is 11.8 Å². The fraction of sp³-hybridized carbons (Fsp3) is 0.222. The Kier molecular flexibility index (Phi) is 4.88. The number of carbonyl (C=O) groups is 2. The third-order valence-corrected chi connectivity index (χ3v) is 3.12. The van der Waals surface area contributed by atoms with Gasteiger partial charge in [0.25, 0.3) is 0 Å². The average molecular weight is 282 g/mol. The zero-order chi connectivity index (χ0) is 15.2. The molecule has 0 aliphatic rings. The number of carbonyl (C=O) groups excluding carboxylic acids is 2. The Labute approximate surface area is 124 Å². The van der Waals surface area contributed by atoms with Crippen molar-refractivity contribution in [2.45, 2.75) is 26.7 Å². The number of ether oxygens (including phenoxy) is 1. The highest BCUT2D eigenvalue weighted by atomic mass is 16.5. The summed E-state index contributed by atoms with van der Waals surface area (Å²) >= 11 is 0. The second-order valence-corrected chi connectivity index (χ2v) is 4.82. The molecule has 21 heavy (non-hydrogen) atoms. The molecule has 0 aliphatic carbocycles. The maximum Gasteiger partial charge on any atom is 0.308 e. The lowest BCUT2D eigenvalue weighted by Gasteiger charge is -2.13. The van der Waals surface area contributed by atoms with E-state index in [4.69, 9.17) is 4.74 Å². The molecule has 0 heterocycles. The summed E-state index contributed by atoms with van der Waals surface area (Å²) in [5.41, 5.74) is 2.14. The zero-order valence-electron chi connectivity index (χ0n) is 12.3. The molecular formula is C18H18O3. The van der Waals surface area contributed by atoms with Crippen LogP contribution in [0.2, 0.25) is 0 Å². The van der Waals surface area contributed by atoms with E-state index >= 15 is 0 Å². The highest BCUT2D eigenvalue weighted by Crippen LogP contribution is 2.34. The van der Waals surface area contributed by atoms with Gasteiger partial charge in [-0.15, -0.1) is 0 Å². The predicted molar refractivity (Wildman–Crippen MR) is 82.4 cm³/mol. The van der Waals surface area contributed by atoms with Crippen molar-refractivity contribution in [1.82, 2.24) is 0 Å². The van der Waals surface area contributed by atoms with Gasteiger partial charge in [-0.25, -0.2) is 0 Å². The van der Waals surface area contributed by atoms with E-state index in [-0.39, 0.29) is 5.78 Å². The quantitative estimate of drug-likeness (QED) is 0.467. The van der Waals surface area contributed by atoms with Crippen LogP contribution in [0.25, 0.3) is 11.1 Å². The molecular weight excluding hydrogens is 264 g/mol. The third kappa shape index (κ3) is 3.57. The largest absolute Gasteiger partial charge is 0.425 e. The standard InChI is InChI=1S/C18H18O3/c1-3-8-17(20)16-12-7-11-15(18(16)21-13(2)19)14-9-5-4-6-10-14/h4-7,9-12H,3,8H2,1-2H3. The van der Waals surface area contributed by atoms with Crippen LogP contribution in [0.5, 0.6) is 5.75 Å². The van der Waals surface area contributed by atoms with Crippen LogP contribution < -0.4 is 4.74 Å². The first-order valence-electron chi connectivity index (χ1n) is 7.03. The van der Waals surface area contributed by atoms with Crippen molar-refractivity contribution in [2.75, 3.05) is 0 Å². The molecule has 0 saturated carbocycles. The Hall–Kier alpha value is -2.42. The summed E-state index contributed by atoms with van der Waals surface area (Å²) in [4.78, 5) is 23.6. The average Bonchev–Trinajstić information content (AvgIpc) is 2.48. The maximum absolute atomic E-state index is 12.2. The molecule has 0 bridgehead atoms. The summed E-state index contributed by atoms with van der Waals surface area (Å²) in [6, 6.07) is 15.0. The monoisotopic (exact) mass is 282 g/mol.